The fraction of sp³-hybridized carbons (Fsp3) is 0.480. The molecule has 0 saturated heterocycles. The Morgan fingerprint density at radius 3 is 2.29 bits per heavy atom. The lowest BCUT2D eigenvalue weighted by molar-refractivity contribution is -0.130. The Labute approximate surface area is 219 Å². The predicted molar refractivity (Wildman–Crippen MR) is 145 cm³/mol. The van der Waals surface area contributed by atoms with Crippen molar-refractivity contribution < 1.29 is 14.3 Å². The molecule has 186 valence electrons. The number of methoxy groups -OCH3 is 2. The van der Waals surface area contributed by atoms with Crippen molar-refractivity contribution >= 4 is 49.1 Å². The summed E-state index contributed by atoms with van der Waals surface area (Å²) in [4.78, 5) is 17.2. The maximum absolute atomic E-state index is 12.8. The summed E-state index contributed by atoms with van der Waals surface area (Å²) >= 11 is 6.96. The van der Waals surface area contributed by atoms with Gasteiger partial charge in [-0.1, -0.05) is 0 Å². The van der Waals surface area contributed by atoms with E-state index in [9.17, 15) is 4.79 Å². The summed E-state index contributed by atoms with van der Waals surface area (Å²) in [7, 11) is 5.40. The summed E-state index contributed by atoms with van der Waals surface area (Å²) in [5.41, 5.74) is 9.89. The van der Waals surface area contributed by atoms with E-state index in [1.165, 1.54) is 5.56 Å². The molecule has 0 bridgehead atoms. The Morgan fingerprint density at radius 1 is 1.03 bits per heavy atom. The smallest absolute Gasteiger partial charge is 0.227 e. The molecule has 0 aliphatic carbocycles. The summed E-state index contributed by atoms with van der Waals surface area (Å²) in [6.45, 7) is 4.34. The normalized spacial score (nSPS) is 13.6. The molecular weight excluding hydrogens is 564 g/mol. The van der Waals surface area contributed by atoms with Crippen LogP contribution in [0, 0.1) is 0 Å². The second-order valence-electron chi connectivity index (χ2n) is 8.57. The van der Waals surface area contributed by atoms with Crippen molar-refractivity contribution in [1.29, 1.82) is 0 Å². The molecule has 0 spiro atoms. The minimum absolute atomic E-state index is 0.179. The van der Waals surface area contributed by atoms with Crippen LogP contribution in [0.25, 0.3) is 0 Å². The minimum atomic E-state index is 0.179. The topological polar surface area (TPSA) is 80.1 Å². The highest BCUT2D eigenvalue weighted by atomic mass is 79.9. The van der Waals surface area contributed by atoms with Gasteiger partial charge < -0.3 is 30.3 Å². The summed E-state index contributed by atoms with van der Waals surface area (Å²) in [5, 5.41) is 3.44. The molecule has 1 aliphatic rings. The van der Waals surface area contributed by atoms with Crippen molar-refractivity contribution in [2.75, 3.05) is 65.0 Å². The van der Waals surface area contributed by atoms with Gasteiger partial charge in [-0.25, -0.2) is 0 Å². The fourth-order valence-electron chi connectivity index (χ4n) is 4.16. The quantitative estimate of drug-likeness (QED) is 0.292. The number of nitrogens with one attached hydrogen (secondary N) is 1. The highest BCUT2D eigenvalue weighted by molar-refractivity contribution is 9.11. The number of nitrogen functional groups attached to an aromatic ring is 1. The molecule has 34 heavy (non-hydrogen) atoms. The molecule has 7 nitrogen and oxygen atoms in total. The first-order chi connectivity index (χ1) is 16.3. The number of carbonyl (C=O) groups excluding carboxylic acids is 1. The standard InChI is InChI=1S/C25H34Br2N4O3/c1-30(8-4-7-29-19-15-20(26)25(28)21(27)16-19)9-5-10-31-11-6-17-12-22(33-2)23(34-3)13-18(17)14-24(31)32/h12-13,15-16,29H,4-11,14,28H2,1-3H3. The van der Waals surface area contributed by atoms with Gasteiger partial charge in [-0.15, -0.1) is 0 Å². The van der Waals surface area contributed by atoms with E-state index < -0.39 is 0 Å². The number of benzene rings is 2. The van der Waals surface area contributed by atoms with E-state index in [4.69, 9.17) is 15.2 Å². The second kappa shape index (κ2) is 12.7. The Kier molecular flexibility index (Phi) is 9.91. The number of rotatable bonds is 11. The van der Waals surface area contributed by atoms with E-state index in [2.05, 4.69) is 49.1 Å². The van der Waals surface area contributed by atoms with E-state index >= 15 is 0 Å². The lowest BCUT2D eigenvalue weighted by atomic mass is 10.0. The third kappa shape index (κ3) is 7.02. The van der Waals surface area contributed by atoms with E-state index in [1.54, 1.807) is 14.2 Å². The molecule has 0 aromatic heterocycles. The Balaban J connectivity index is 1.39. The number of ether oxygens (including phenoxy) is 2. The Morgan fingerprint density at radius 2 is 1.65 bits per heavy atom. The number of nitrogens with two attached hydrogens (primary N) is 1. The number of fused-ring (bicyclic) bond motifs is 1. The molecule has 2 aromatic carbocycles. The monoisotopic (exact) mass is 596 g/mol. The number of nitrogens with zero attached hydrogens (tertiary/aromatic N) is 2. The molecule has 3 rings (SSSR count). The predicted octanol–water partition coefficient (Wildman–Crippen LogP) is 4.56. The number of carbonyl (C=O) groups is 1. The second-order valence-corrected chi connectivity index (χ2v) is 10.3. The molecule has 9 heteroatoms. The number of hydrogen-bond acceptors (Lipinski definition) is 6. The van der Waals surface area contributed by atoms with Gasteiger partial charge in [0.25, 0.3) is 0 Å². The van der Waals surface area contributed by atoms with Gasteiger partial charge in [0.05, 0.1) is 26.3 Å². The van der Waals surface area contributed by atoms with Crippen LogP contribution in [0.5, 0.6) is 11.5 Å². The molecule has 2 aromatic rings. The van der Waals surface area contributed by atoms with Gasteiger partial charge in [0.15, 0.2) is 11.5 Å². The number of hydrogen-bond donors (Lipinski definition) is 2. The molecule has 0 atom stereocenters. The van der Waals surface area contributed by atoms with Crippen molar-refractivity contribution in [2.45, 2.75) is 25.7 Å². The third-order valence-corrected chi connectivity index (χ3v) is 7.46. The van der Waals surface area contributed by atoms with Gasteiger partial charge in [-0.2, -0.15) is 0 Å². The van der Waals surface area contributed by atoms with Gasteiger partial charge in [-0.05, 0) is 107 Å². The van der Waals surface area contributed by atoms with Gasteiger partial charge >= 0.3 is 0 Å². The van der Waals surface area contributed by atoms with Gasteiger partial charge in [0.1, 0.15) is 0 Å². The van der Waals surface area contributed by atoms with Crippen LogP contribution in [0.4, 0.5) is 11.4 Å². The van der Waals surface area contributed by atoms with E-state index in [-0.39, 0.29) is 5.91 Å². The van der Waals surface area contributed by atoms with E-state index in [1.807, 2.05) is 29.2 Å². The largest absolute Gasteiger partial charge is 0.493 e. The zero-order valence-corrected chi connectivity index (χ0v) is 23.3. The molecule has 1 amide bonds. The Hall–Kier alpha value is -1.97. The molecule has 0 unspecified atom stereocenters. The van der Waals surface area contributed by atoms with E-state index in [0.717, 1.165) is 77.9 Å². The van der Waals surface area contributed by atoms with Crippen LogP contribution in [0.3, 0.4) is 0 Å². The van der Waals surface area contributed by atoms with Crippen molar-refractivity contribution in [3.8, 4) is 11.5 Å². The molecule has 0 saturated carbocycles. The highest BCUT2D eigenvalue weighted by Crippen LogP contribution is 2.33. The fourth-order valence-corrected chi connectivity index (χ4v) is 5.35. The number of anilines is 2. The van der Waals surface area contributed by atoms with Crippen LogP contribution in [-0.4, -0.2) is 69.7 Å². The molecule has 0 fully saturated rings. The van der Waals surface area contributed by atoms with Crippen LogP contribution in [0.1, 0.15) is 24.0 Å². The lowest BCUT2D eigenvalue weighted by Crippen LogP contribution is -2.35. The average molecular weight is 598 g/mol. The summed E-state index contributed by atoms with van der Waals surface area (Å²) in [5.74, 6) is 1.57. The van der Waals surface area contributed by atoms with E-state index in [0.29, 0.717) is 17.9 Å². The first kappa shape index (κ1) is 26.6. The van der Waals surface area contributed by atoms with Crippen LogP contribution in [0.2, 0.25) is 0 Å². The van der Waals surface area contributed by atoms with Crippen molar-refractivity contribution in [1.82, 2.24) is 9.80 Å². The maximum Gasteiger partial charge on any atom is 0.227 e. The van der Waals surface area contributed by atoms with Crippen molar-refractivity contribution in [3.63, 3.8) is 0 Å². The average Bonchev–Trinajstić information content (AvgIpc) is 2.97. The third-order valence-electron chi connectivity index (χ3n) is 6.14. The SMILES string of the molecule is COc1cc2c(cc1OC)CC(=O)N(CCCN(C)CCCNc1cc(Br)c(N)c(Br)c1)CC2. The van der Waals surface area contributed by atoms with Gasteiger partial charge in [0, 0.05) is 34.3 Å². The number of halogens is 2. The molecular formula is C25H34Br2N4O3. The highest BCUT2D eigenvalue weighted by Gasteiger charge is 2.22. The summed E-state index contributed by atoms with van der Waals surface area (Å²) < 4.78 is 12.6. The molecule has 1 aliphatic heterocycles. The van der Waals surface area contributed by atoms with Crippen LogP contribution in [-0.2, 0) is 17.6 Å². The lowest BCUT2D eigenvalue weighted by Gasteiger charge is -2.23. The molecule has 0 radical (unpaired) electrons. The summed E-state index contributed by atoms with van der Waals surface area (Å²) in [6.07, 6.45) is 3.23. The minimum Gasteiger partial charge on any atom is -0.493 e. The zero-order chi connectivity index (χ0) is 24.7. The molecule has 1 heterocycles. The van der Waals surface area contributed by atoms with Gasteiger partial charge in [-0.3, -0.25) is 4.79 Å². The summed E-state index contributed by atoms with van der Waals surface area (Å²) in [6, 6.07) is 7.94. The zero-order valence-electron chi connectivity index (χ0n) is 20.1. The number of amides is 1. The first-order valence-electron chi connectivity index (χ1n) is 11.5. The van der Waals surface area contributed by atoms with Crippen LogP contribution >= 0.6 is 31.9 Å². The molecule has 3 N–H and O–H groups in total. The van der Waals surface area contributed by atoms with Crippen LogP contribution in [0.15, 0.2) is 33.2 Å². The van der Waals surface area contributed by atoms with Gasteiger partial charge in [0.2, 0.25) is 5.91 Å². The van der Waals surface area contributed by atoms with Crippen molar-refractivity contribution in [3.05, 3.63) is 44.3 Å². The van der Waals surface area contributed by atoms with Crippen molar-refractivity contribution in [2.24, 2.45) is 0 Å². The Bertz CT molecular complexity index is 979. The maximum atomic E-state index is 12.8. The van der Waals surface area contributed by atoms with Crippen LogP contribution < -0.4 is 20.5 Å². The first-order valence-corrected chi connectivity index (χ1v) is 13.1.